The number of rotatable bonds is 3. The van der Waals surface area contributed by atoms with Crippen molar-refractivity contribution in [2.24, 2.45) is 22.7 Å². The average molecular weight is 314 g/mol. The maximum Gasteiger partial charge on any atom is 0.170 e. The van der Waals surface area contributed by atoms with Crippen molar-refractivity contribution < 1.29 is 0 Å². The standard InChI is InChI=1S/C19H26N2S/c1-18-8-14-7-15(9-18)11-19(10-14,12-18)13-20-17(22)21-16-5-3-2-4-6-16/h2-6,14-15H,7-13H2,1H3,(H2,20,21,22)/t14-,15-,18?,19?/m1/s1. The molecular weight excluding hydrogens is 288 g/mol. The molecule has 4 aliphatic carbocycles. The Balaban J connectivity index is 1.38. The van der Waals surface area contributed by atoms with Crippen molar-refractivity contribution >= 4 is 23.0 Å². The molecule has 0 amide bonds. The summed E-state index contributed by atoms with van der Waals surface area (Å²) in [4.78, 5) is 0. The van der Waals surface area contributed by atoms with Crippen LogP contribution in [0.4, 0.5) is 5.69 Å². The van der Waals surface area contributed by atoms with E-state index in [1.165, 1.54) is 38.5 Å². The molecular formula is C19H26N2S. The second-order valence-electron chi connectivity index (χ2n) is 8.45. The molecule has 0 heterocycles. The van der Waals surface area contributed by atoms with Gasteiger partial charge in [0.1, 0.15) is 0 Å². The maximum atomic E-state index is 5.50. The molecule has 118 valence electrons. The zero-order valence-corrected chi connectivity index (χ0v) is 14.2. The third-order valence-electron chi connectivity index (χ3n) is 6.13. The number of anilines is 1. The van der Waals surface area contributed by atoms with Crippen LogP contribution in [0, 0.1) is 22.7 Å². The summed E-state index contributed by atoms with van der Waals surface area (Å²) in [5.41, 5.74) is 2.18. The third kappa shape index (κ3) is 2.76. The van der Waals surface area contributed by atoms with Crippen LogP contribution in [0.25, 0.3) is 0 Å². The van der Waals surface area contributed by atoms with Crippen molar-refractivity contribution in [2.75, 3.05) is 11.9 Å². The van der Waals surface area contributed by atoms with Gasteiger partial charge in [0.05, 0.1) is 0 Å². The molecule has 0 unspecified atom stereocenters. The van der Waals surface area contributed by atoms with Gasteiger partial charge in [-0.1, -0.05) is 25.1 Å². The highest BCUT2D eigenvalue weighted by Crippen LogP contribution is 2.64. The molecule has 0 saturated heterocycles. The number of thiocarbonyl (C=S) groups is 1. The van der Waals surface area contributed by atoms with Crippen LogP contribution in [-0.2, 0) is 0 Å². The molecule has 4 saturated carbocycles. The van der Waals surface area contributed by atoms with Crippen molar-refractivity contribution in [3.05, 3.63) is 30.3 Å². The van der Waals surface area contributed by atoms with Gasteiger partial charge in [0, 0.05) is 12.2 Å². The summed E-state index contributed by atoms with van der Waals surface area (Å²) < 4.78 is 0. The highest BCUT2D eigenvalue weighted by Gasteiger charge is 2.55. The van der Waals surface area contributed by atoms with E-state index in [0.29, 0.717) is 10.8 Å². The minimum Gasteiger partial charge on any atom is -0.362 e. The van der Waals surface area contributed by atoms with Gasteiger partial charge in [0.25, 0.3) is 0 Å². The minimum absolute atomic E-state index is 0.501. The summed E-state index contributed by atoms with van der Waals surface area (Å²) in [7, 11) is 0. The predicted molar refractivity (Wildman–Crippen MR) is 95.9 cm³/mol. The molecule has 5 rings (SSSR count). The topological polar surface area (TPSA) is 24.1 Å². The number of para-hydroxylation sites is 1. The molecule has 22 heavy (non-hydrogen) atoms. The molecule has 1 aromatic rings. The highest BCUT2D eigenvalue weighted by molar-refractivity contribution is 7.80. The Morgan fingerprint density at radius 3 is 2.45 bits per heavy atom. The van der Waals surface area contributed by atoms with Crippen LogP contribution in [0.15, 0.2) is 30.3 Å². The molecule has 0 aromatic heterocycles. The first-order chi connectivity index (χ1) is 10.5. The normalized spacial score (nSPS) is 38.8. The quantitative estimate of drug-likeness (QED) is 0.799. The first-order valence-electron chi connectivity index (χ1n) is 8.64. The molecule has 1 aromatic carbocycles. The molecule has 0 radical (unpaired) electrons. The van der Waals surface area contributed by atoms with Crippen LogP contribution in [-0.4, -0.2) is 11.7 Å². The maximum absolute atomic E-state index is 5.50. The molecule has 2 atom stereocenters. The summed E-state index contributed by atoms with van der Waals surface area (Å²) in [5, 5.41) is 7.60. The first-order valence-corrected chi connectivity index (χ1v) is 9.05. The fraction of sp³-hybridized carbons (Fsp3) is 0.632. The lowest BCUT2D eigenvalue weighted by Gasteiger charge is -2.61. The Kier molecular flexibility index (Phi) is 3.44. The predicted octanol–water partition coefficient (Wildman–Crippen LogP) is 4.58. The summed E-state index contributed by atoms with van der Waals surface area (Å²) in [5.74, 6) is 1.95. The van der Waals surface area contributed by atoms with E-state index in [-0.39, 0.29) is 0 Å². The lowest BCUT2D eigenvalue weighted by molar-refractivity contribution is -0.0981. The second-order valence-corrected chi connectivity index (χ2v) is 8.85. The average Bonchev–Trinajstić information content (AvgIpc) is 2.44. The zero-order valence-electron chi connectivity index (χ0n) is 13.4. The molecule has 0 spiro atoms. The van der Waals surface area contributed by atoms with Crippen molar-refractivity contribution in [3.63, 3.8) is 0 Å². The Bertz CT molecular complexity index is 554. The van der Waals surface area contributed by atoms with E-state index >= 15 is 0 Å². The van der Waals surface area contributed by atoms with Gasteiger partial charge in [-0.05, 0) is 85.5 Å². The summed E-state index contributed by atoms with van der Waals surface area (Å²) in [6.45, 7) is 3.58. The Morgan fingerprint density at radius 1 is 1.14 bits per heavy atom. The molecule has 2 N–H and O–H groups in total. The number of nitrogens with one attached hydrogen (secondary N) is 2. The van der Waals surface area contributed by atoms with E-state index in [9.17, 15) is 0 Å². The molecule has 4 bridgehead atoms. The van der Waals surface area contributed by atoms with Crippen LogP contribution in [0.1, 0.15) is 45.4 Å². The van der Waals surface area contributed by atoms with Crippen LogP contribution in [0.3, 0.4) is 0 Å². The number of benzene rings is 1. The van der Waals surface area contributed by atoms with E-state index in [1.807, 2.05) is 18.2 Å². The smallest absolute Gasteiger partial charge is 0.170 e. The van der Waals surface area contributed by atoms with Gasteiger partial charge in [0.2, 0.25) is 0 Å². The molecule has 3 heteroatoms. The van der Waals surface area contributed by atoms with Gasteiger partial charge < -0.3 is 10.6 Å². The first kappa shape index (κ1) is 14.5. The fourth-order valence-corrected chi connectivity index (χ4v) is 6.29. The van der Waals surface area contributed by atoms with Gasteiger partial charge in [-0.2, -0.15) is 0 Å². The lowest BCUT2D eigenvalue weighted by atomic mass is 9.44. The largest absolute Gasteiger partial charge is 0.362 e. The summed E-state index contributed by atoms with van der Waals surface area (Å²) >= 11 is 5.50. The van der Waals surface area contributed by atoms with E-state index < -0.39 is 0 Å². The highest BCUT2D eigenvalue weighted by atomic mass is 32.1. The minimum atomic E-state index is 0.501. The van der Waals surface area contributed by atoms with Gasteiger partial charge in [-0.3, -0.25) is 0 Å². The second kappa shape index (κ2) is 5.23. The Labute approximate surface area is 139 Å². The SMILES string of the molecule is CC12C[C@H]3C[C@H](C1)CC(CNC(=S)Nc1ccccc1)(C3)C2. The summed E-state index contributed by atoms with van der Waals surface area (Å²) in [6.07, 6.45) is 8.66. The lowest BCUT2D eigenvalue weighted by Crippen LogP contribution is -2.55. The van der Waals surface area contributed by atoms with E-state index in [4.69, 9.17) is 12.2 Å². The van der Waals surface area contributed by atoms with E-state index in [1.54, 1.807) is 0 Å². The monoisotopic (exact) mass is 314 g/mol. The summed E-state index contributed by atoms with van der Waals surface area (Å²) in [6, 6.07) is 10.2. The fourth-order valence-electron chi connectivity index (χ4n) is 6.10. The molecule has 2 nitrogen and oxygen atoms in total. The molecule has 4 aliphatic rings. The van der Waals surface area contributed by atoms with Crippen LogP contribution in [0.2, 0.25) is 0 Å². The van der Waals surface area contributed by atoms with Gasteiger partial charge in [-0.15, -0.1) is 0 Å². The van der Waals surface area contributed by atoms with Crippen molar-refractivity contribution in [3.8, 4) is 0 Å². The zero-order chi connectivity index (χ0) is 15.2. The van der Waals surface area contributed by atoms with Crippen LogP contribution >= 0.6 is 12.2 Å². The van der Waals surface area contributed by atoms with Crippen molar-refractivity contribution in [1.82, 2.24) is 5.32 Å². The Hall–Kier alpha value is -1.09. The number of hydrogen-bond donors (Lipinski definition) is 2. The van der Waals surface area contributed by atoms with E-state index in [0.717, 1.165) is 29.2 Å². The van der Waals surface area contributed by atoms with E-state index in [2.05, 4.69) is 29.7 Å². The van der Waals surface area contributed by atoms with Crippen LogP contribution < -0.4 is 10.6 Å². The third-order valence-corrected chi connectivity index (χ3v) is 6.38. The van der Waals surface area contributed by atoms with Crippen molar-refractivity contribution in [2.45, 2.75) is 45.4 Å². The van der Waals surface area contributed by atoms with Gasteiger partial charge >= 0.3 is 0 Å². The molecule has 4 fully saturated rings. The Morgan fingerprint density at radius 2 is 1.82 bits per heavy atom. The number of hydrogen-bond acceptors (Lipinski definition) is 1. The van der Waals surface area contributed by atoms with Crippen molar-refractivity contribution in [1.29, 1.82) is 0 Å². The van der Waals surface area contributed by atoms with Crippen LogP contribution in [0.5, 0.6) is 0 Å². The molecule has 0 aliphatic heterocycles. The van der Waals surface area contributed by atoms with Gasteiger partial charge in [-0.25, -0.2) is 0 Å². The van der Waals surface area contributed by atoms with Gasteiger partial charge in [0.15, 0.2) is 5.11 Å².